The standard InChI is InChI=1S/C14H15N5O2/c1-9-7-10(16-14(21)11-8-15-18-17-11)4-5-12(9)19-6-2-3-13(19)20/h4-5,7-8H,2-3,6H2,1H3,(H,16,21)(H,15,17,18). The highest BCUT2D eigenvalue weighted by Crippen LogP contribution is 2.27. The summed E-state index contributed by atoms with van der Waals surface area (Å²) in [5, 5.41) is 12.5. The highest BCUT2D eigenvalue weighted by Gasteiger charge is 2.23. The summed E-state index contributed by atoms with van der Waals surface area (Å²) in [4.78, 5) is 25.5. The zero-order valence-corrected chi connectivity index (χ0v) is 11.6. The first kappa shape index (κ1) is 13.3. The Kier molecular flexibility index (Phi) is 3.39. The van der Waals surface area contributed by atoms with Gasteiger partial charge >= 0.3 is 0 Å². The van der Waals surface area contributed by atoms with Gasteiger partial charge in [-0.2, -0.15) is 15.4 Å². The van der Waals surface area contributed by atoms with Gasteiger partial charge in [0.05, 0.1) is 6.20 Å². The fraction of sp³-hybridized carbons (Fsp3) is 0.286. The van der Waals surface area contributed by atoms with E-state index >= 15 is 0 Å². The number of anilines is 2. The molecule has 1 aromatic heterocycles. The zero-order valence-electron chi connectivity index (χ0n) is 11.6. The first-order valence-corrected chi connectivity index (χ1v) is 6.73. The van der Waals surface area contributed by atoms with Gasteiger partial charge in [0.15, 0.2) is 5.69 Å². The van der Waals surface area contributed by atoms with E-state index in [0.717, 1.165) is 24.2 Å². The number of aromatic nitrogens is 3. The molecule has 7 heteroatoms. The van der Waals surface area contributed by atoms with Crippen LogP contribution in [-0.2, 0) is 4.79 Å². The number of nitrogens with one attached hydrogen (secondary N) is 2. The van der Waals surface area contributed by atoms with E-state index in [9.17, 15) is 9.59 Å². The first-order valence-electron chi connectivity index (χ1n) is 6.73. The first-order chi connectivity index (χ1) is 10.1. The lowest BCUT2D eigenvalue weighted by Crippen LogP contribution is -2.24. The van der Waals surface area contributed by atoms with Crippen LogP contribution in [0.2, 0.25) is 0 Å². The predicted octanol–water partition coefficient (Wildman–Crippen LogP) is 1.49. The topological polar surface area (TPSA) is 91.0 Å². The van der Waals surface area contributed by atoms with Crippen molar-refractivity contribution in [1.82, 2.24) is 15.4 Å². The summed E-state index contributed by atoms with van der Waals surface area (Å²) in [6.07, 6.45) is 2.85. The summed E-state index contributed by atoms with van der Waals surface area (Å²) in [6.45, 7) is 2.68. The molecular weight excluding hydrogens is 270 g/mol. The Morgan fingerprint density at radius 1 is 1.43 bits per heavy atom. The molecule has 1 saturated heterocycles. The quantitative estimate of drug-likeness (QED) is 0.894. The van der Waals surface area contributed by atoms with Crippen molar-refractivity contribution in [2.45, 2.75) is 19.8 Å². The molecule has 2 N–H and O–H groups in total. The highest BCUT2D eigenvalue weighted by atomic mass is 16.2. The second-order valence-electron chi connectivity index (χ2n) is 4.96. The minimum Gasteiger partial charge on any atom is -0.321 e. The van der Waals surface area contributed by atoms with E-state index in [-0.39, 0.29) is 17.5 Å². The number of amides is 2. The van der Waals surface area contributed by atoms with E-state index < -0.39 is 0 Å². The molecule has 7 nitrogen and oxygen atoms in total. The summed E-state index contributed by atoms with van der Waals surface area (Å²) < 4.78 is 0. The van der Waals surface area contributed by atoms with Crippen molar-refractivity contribution >= 4 is 23.2 Å². The van der Waals surface area contributed by atoms with Crippen molar-refractivity contribution in [3.63, 3.8) is 0 Å². The van der Waals surface area contributed by atoms with Crippen molar-refractivity contribution in [2.75, 3.05) is 16.8 Å². The normalized spacial score (nSPS) is 14.5. The molecule has 2 amide bonds. The van der Waals surface area contributed by atoms with Crippen LogP contribution in [-0.4, -0.2) is 33.8 Å². The molecule has 0 bridgehead atoms. The maximum absolute atomic E-state index is 11.9. The Morgan fingerprint density at radius 2 is 2.29 bits per heavy atom. The summed E-state index contributed by atoms with van der Waals surface area (Å²) >= 11 is 0. The number of nitrogens with zero attached hydrogens (tertiary/aromatic N) is 3. The van der Waals surface area contributed by atoms with Crippen molar-refractivity contribution in [3.05, 3.63) is 35.7 Å². The molecule has 0 atom stereocenters. The summed E-state index contributed by atoms with van der Waals surface area (Å²) in [6, 6.07) is 5.49. The van der Waals surface area contributed by atoms with Gasteiger partial charge in [0, 0.05) is 24.3 Å². The minimum absolute atomic E-state index is 0.150. The van der Waals surface area contributed by atoms with Crippen molar-refractivity contribution in [1.29, 1.82) is 0 Å². The number of aryl methyl sites for hydroxylation is 1. The Morgan fingerprint density at radius 3 is 2.90 bits per heavy atom. The largest absolute Gasteiger partial charge is 0.321 e. The molecule has 0 saturated carbocycles. The summed E-state index contributed by atoms with van der Waals surface area (Å²) in [7, 11) is 0. The van der Waals surface area contributed by atoms with E-state index in [0.29, 0.717) is 12.1 Å². The predicted molar refractivity (Wildman–Crippen MR) is 77.1 cm³/mol. The lowest BCUT2D eigenvalue weighted by Gasteiger charge is -2.19. The SMILES string of the molecule is Cc1cc(NC(=O)c2cn[nH]n2)ccc1N1CCCC1=O. The highest BCUT2D eigenvalue weighted by molar-refractivity contribution is 6.03. The van der Waals surface area contributed by atoms with Gasteiger partial charge in [-0.3, -0.25) is 9.59 Å². The van der Waals surface area contributed by atoms with E-state index in [1.807, 2.05) is 19.1 Å². The third kappa shape index (κ3) is 2.62. The summed E-state index contributed by atoms with van der Waals surface area (Å²) in [5.74, 6) is -0.175. The van der Waals surface area contributed by atoms with E-state index in [4.69, 9.17) is 0 Å². The van der Waals surface area contributed by atoms with Crippen LogP contribution in [0.3, 0.4) is 0 Å². The minimum atomic E-state index is -0.326. The van der Waals surface area contributed by atoms with Crippen LogP contribution in [0.25, 0.3) is 0 Å². The molecule has 2 aromatic rings. The lowest BCUT2D eigenvalue weighted by molar-refractivity contribution is -0.117. The molecule has 0 aliphatic carbocycles. The van der Waals surface area contributed by atoms with Gasteiger partial charge in [0.2, 0.25) is 5.91 Å². The fourth-order valence-corrected chi connectivity index (χ4v) is 2.45. The Labute approximate surface area is 121 Å². The number of hydrogen-bond acceptors (Lipinski definition) is 4. The summed E-state index contributed by atoms with van der Waals surface area (Å²) in [5.41, 5.74) is 2.74. The van der Waals surface area contributed by atoms with Gasteiger partial charge in [0.25, 0.3) is 5.91 Å². The fourth-order valence-electron chi connectivity index (χ4n) is 2.45. The molecule has 1 aliphatic heterocycles. The molecule has 0 radical (unpaired) electrons. The average Bonchev–Trinajstić information content (AvgIpc) is 3.10. The lowest BCUT2D eigenvalue weighted by atomic mass is 10.1. The van der Waals surface area contributed by atoms with Gasteiger partial charge in [-0.25, -0.2) is 0 Å². The van der Waals surface area contributed by atoms with Crippen molar-refractivity contribution in [2.24, 2.45) is 0 Å². The third-order valence-electron chi connectivity index (χ3n) is 3.47. The number of H-pyrrole nitrogens is 1. The second-order valence-corrected chi connectivity index (χ2v) is 4.96. The molecule has 1 fully saturated rings. The number of rotatable bonds is 3. The van der Waals surface area contributed by atoms with Crippen molar-refractivity contribution in [3.8, 4) is 0 Å². The van der Waals surface area contributed by atoms with E-state index in [1.165, 1.54) is 6.20 Å². The maximum Gasteiger partial charge on any atom is 0.277 e. The Bertz CT molecular complexity index is 681. The van der Waals surface area contributed by atoms with E-state index in [2.05, 4.69) is 20.7 Å². The molecule has 3 rings (SSSR count). The number of carbonyl (C=O) groups is 2. The van der Waals surface area contributed by atoms with Gasteiger partial charge < -0.3 is 10.2 Å². The van der Waals surface area contributed by atoms with Crippen LogP contribution in [0.5, 0.6) is 0 Å². The molecule has 108 valence electrons. The van der Waals surface area contributed by atoms with Crippen molar-refractivity contribution < 1.29 is 9.59 Å². The molecule has 1 aromatic carbocycles. The molecule has 2 heterocycles. The smallest absolute Gasteiger partial charge is 0.277 e. The number of hydrogen-bond donors (Lipinski definition) is 2. The number of benzene rings is 1. The van der Waals surface area contributed by atoms with Crippen LogP contribution >= 0.6 is 0 Å². The van der Waals surface area contributed by atoms with Crippen LogP contribution in [0.1, 0.15) is 28.9 Å². The van der Waals surface area contributed by atoms with E-state index in [1.54, 1.807) is 11.0 Å². The Balaban J connectivity index is 1.78. The molecule has 0 spiro atoms. The second kappa shape index (κ2) is 5.35. The van der Waals surface area contributed by atoms with Crippen LogP contribution in [0.4, 0.5) is 11.4 Å². The van der Waals surface area contributed by atoms with Gasteiger partial charge in [-0.1, -0.05) is 0 Å². The van der Waals surface area contributed by atoms with Gasteiger partial charge in [0.1, 0.15) is 0 Å². The monoisotopic (exact) mass is 285 g/mol. The number of carbonyl (C=O) groups excluding carboxylic acids is 2. The zero-order chi connectivity index (χ0) is 14.8. The van der Waals surface area contributed by atoms with Crippen LogP contribution < -0.4 is 10.2 Å². The Hall–Kier alpha value is -2.70. The van der Waals surface area contributed by atoms with Crippen LogP contribution in [0, 0.1) is 6.92 Å². The van der Waals surface area contributed by atoms with Gasteiger partial charge in [-0.05, 0) is 37.1 Å². The molecular formula is C14H15N5O2. The third-order valence-corrected chi connectivity index (χ3v) is 3.47. The molecule has 0 unspecified atom stereocenters. The van der Waals surface area contributed by atoms with Gasteiger partial charge in [-0.15, -0.1) is 0 Å². The molecule has 21 heavy (non-hydrogen) atoms. The average molecular weight is 285 g/mol. The maximum atomic E-state index is 11.9. The number of aromatic amines is 1. The molecule has 1 aliphatic rings. The van der Waals surface area contributed by atoms with Crippen LogP contribution in [0.15, 0.2) is 24.4 Å².